The van der Waals surface area contributed by atoms with Gasteiger partial charge in [-0.25, -0.2) is 0 Å². The molecule has 94 valence electrons. The number of hydrogen-bond acceptors (Lipinski definition) is 3. The molecule has 1 fully saturated rings. The van der Waals surface area contributed by atoms with E-state index in [0.29, 0.717) is 6.04 Å². The number of anilines is 1. The highest BCUT2D eigenvalue weighted by Gasteiger charge is 2.17. The van der Waals surface area contributed by atoms with Crippen LogP contribution in [-0.4, -0.2) is 38.2 Å². The maximum atomic E-state index is 5.39. The SMILES string of the molecule is COc1ccc(C)cc1NC1CCCN(C)C1. The largest absolute Gasteiger partial charge is 0.495 e. The van der Waals surface area contributed by atoms with E-state index in [1.165, 1.54) is 24.9 Å². The van der Waals surface area contributed by atoms with Crippen molar-refractivity contribution in [3.63, 3.8) is 0 Å². The lowest BCUT2D eigenvalue weighted by Crippen LogP contribution is -2.39. The fourth-order valence-electron chi connectivity index (χ4n) is 2.44. The lowest BCUT2D eigenvalue weighted by Gasteiger charge is -2.31. The van der Waals surface area contributed by atoms with Crippen molar-refractivity contribution in [2.75, 3.05) is 32.6 Å². The van der Waals surface area contributed by atoms with Gasteiger partial charge in [-0.15, -0.1) is 0 Å². The van der Waals surface area contributed by atoms with Gasteiger partial charge in [0.1, 0.15) is 5.75 Å². The molecule has 3 nitrogen and oxygen atoms in total. The normalized spacial score (nSPS) is 21.2. The molecular formula is C14H22N2O. The van der Waals surface area contributed by atoms with Crippen LogP contribution in [0.5, 0.6) is 5.75 Å². The van der Waals surface area contributed by atoms with Crippen molar-refractivity contribution in [2.45, 2.75) is 25.8 Å². The smallest absolute Gasteiger partial charge is 0.141 e. The zero-order valence-corrected chi connectivity index (χ0v) is 11.0. The average molecular weight is 234 g/mol. The molecule has 1 atom stereocenters. The first-order chi connectivity index (χ1) is 8.19. The summed E-state index contributed by atoms with van der Waals surface area (Å²) >= 11 is 0. The van der Waals surface area contributed by atoms with Crippen LogP contribution in [0.1, 0.15) is 18.4 Å². The molecule has 17 heavy (non-hydrogen) atoms. The Morgan fingerprint density at radius 2 is 2.24 bits per heavy atom. The first-order valence-electron chi connectivity index (χ1n) is 6.29. The zero-order chi connectivity index (χ0) is 12.3. The second kappa shape index (κ2) is 5.41. The maximum Gasteiger partial charge on any atom is 0.141 e. The fourth-order valence-corrected chi connectivity index (χ4v) is 2.44. The second-order valence-electron chi connectivity index (χ2n) is 4.95. The predicted octanol–water partition coefficient (Wildman–Crippen LogP) is 2.51. The molecule has 3 heteroatoms. The van der Waals surface area contributed by atoms with E-state index in [0.717, 1.165) is 18.0 Å². The van der Waals surface area contributed by atoms with Crippen LogP contribution in [-0.2, 0) is 0 Å². The highest BCUT2D eigenvalue weighted by Crippen LogP contribution is 2.27. The number of piperidine rings is 1. The zero-order valence-electron chi connectivity index (χ0n) is 11.0. The Balaban J connectivity index is 2.08. The summed E-state index contributed by atoms with van der Waals surface area (Å²) in [5.74, 6) is 0.934. The molecule has 1 aliphatic heterocycles. The number of benzene rings is 1. The fraction of sp³-hybridized carbons (Fsp3) is 0.571. The molecule has 0 aromatic heterocycles. The summed E-state index contributed by atoms with van der Waals surface area (Å²) in [6.07, 6.45) is 2.50. The molecule has 1 aromatic rings. The minimum atomic E-state index is 0.532. The maximum absolute atomic E-state index is 5.39. The molecule has 0 saturated carbocycles. The molecule has 1 heterocycles. The van der Waals surface area contributed by atoms with E-state index in [1.807, 2.05) is 6.07 Å². The Morgan fingerprint density at radius 1 is 1.41 bits per heavy atom. The van der Waals surface area contributed by atoms with Crippen molar-refractivity contribution in [2.24, 2.45) is 0 Å². The number of likely N-dealkylation sites (N-methyl/N-ethyl adjacent to an activating group) is 1. The summed E-state index contributed by atoms with van der Waals surface area (Å²) in [6, 6.07) is 6.80. The van der Waals surface area contributed by atoms with Crippen molar-refractivity contribution in [1.29, 1.82) is 0 Å². The molecule has 1 unspecified atom stereocenters. The van der Waals surface area contributed by atoms with Gasteiger partial charge in [0.2, 0.25) is 0 Å². The lowest BCUT2D eigenvalue weighted by atomic mass is 10.1. The van der Waals surface area contributed by atoms with Crippen molar-refractivity contribution in [3.8, 4) is 5.75 Å². The number of nitrogens with one attached hydrogen (secondary N) is 1. The van der Waals surface area contributed by atoms with Gasteiger partial charge in [0, 0.05) is 12.6 Å². The van der Waals surface area contributed by atoms with Gasteiger partial charge in [-0.1, -0.05) is 6.07 Å². The van der Waals surface area contributed by atoms with Gasteiger partial charge in [0.05, 0.1) is 12.8 Å². The van der Waals surface area contributed by atoms with Gasteiger partial charge >= 0.3 is 0 Å². The third kappa shape index (κ3) is 3.13. The van der Waals surface area contributed by atoms with Crippen LogP contribution < -0.4 is 10.1 Å². The van der Waals surface area contributed by atoms with E-state index < -0.39 is 0 Å². The van der Waals surface area contributed by atoms with Gasteiger partial charge in [0.25, 0.3) is 0 Å². The van der Waals surface area contributed by atoms with Crippen LogP contribution >= 0.6 is 0 Å². The highest BCUT2D eigenvalue weighted by molar-refractivity contribution is 5.58. The van der Waals surface area contributed by atoms with E-state index in [9.17, 15) is 0 Å². The Bertz CT molecular complexity index is 378. The predicted molar refractivity (Wildman–Crippen MR) is 71.9 cm³/mol. The van der Waals surface area contributed by atoms with Gasteiger partial charge < -0.3 is 15.0 Å². The second-order valence-corrected chi connectivity index (χ2v) is 4.95. The highest BCUT2D eigenvalue weighted by atomic mass is 16.5. The summed E-state index contributed by atoms with van der Waals surface area (Å²) in [4.78, 5) is 2.38. The quantitative estimate of drug-likeness (QED) is 0.869. The van der Waals surface area contributed by atoms with E-state index in [1.54, 1.807) is 7.11 Å². The van der Waals surface area contributed by atoms with Crippen LogP contribution in [0, 0.1) is 6.92 Å². The van der Waals surface area contributed by atoms with Crippen LogP contribution in [0.25, 0.3) is 0 Å². The molecule has 0 spiro atoms. The topological polar surface area (TPSA) is 24.5 Å². The molecule has 2 rings (SSSR count). The standard InChI is InChI=1S/C14H22N2O/c1-11-6-7-14(17-3)13(9-11)15-12-5-4-8-16(2)10-12/h6-7,9,12,15H,4-5,8,10H2,1-3H3. The molecule has 0 amide bonds. The van der Waals surface area contributed by atoms with Crippen molar-refractivity contribution in [3.05, 3.63) is 23.8 Å². The van der Waals surface area contributed by atoms with Gasteiger partial charge in [0.15, 0.2) is 0 Å². The third-order valence-electron chi connectivity index (χ3n) is 3.34. The first kappa shape index (κ1) is 12.2. The monoisotopic (exact) mass is 234 g/mol. The van der Waals surface area contributed by atoms with Crippen LogP contribution in [0.3, 0.4) is 0 Å². The number of hydrogen-bond donors (Lipinski definition) is 1. The molecule has 1 aliphatic rings. The number of likely N-dealkylation sites (tertiary alicyclic amines) is 1. The average Bonchev–Trinajstić information content (AvgIpc) is 2.29. The number of nitrogens with zero attached hydrogens (tertiary/aromatic N) is 1. The van der Waals surface area contributed by atoms with Crippen molar-refractivity contribution < 1.29 is 4.74 Å². The van der Waals surface area contributed by atoms with Crippen LogP contribution in [0.15, 0.2) is 18.2 Å². The van der Waals surface area contributed by atoms with Crippen LogP contribution in [0.4, 0.5) is 5.69 Å². The third-order valence-corrected chi connectivity index (χ3v) is 3.34. The summed E-state index contributed by atoms with van der Waals surface area (Å²) in [6.45, 7) is 4.43. The Kier molecular flexibility index (Phi) is 3.89. The first-order valence-corrected chi connectivity index (χ1v) is 6.29. The molecule has 0 aliphatic carbocycles. The molecule has 1 N–H and O–H groups in total. The van der Waals surface area contributed by atoms with E-state index in [2.05, 4.69) is 36.3 Å². The van der Waals surface area contributed by atoms with E-state index in [-0.39, 0.29) is 0 Å². The van der Waals surface area contributed by atoms with Crippen LogP contribution in [0.2, 0.25) is 0 Å². The van der Waals surface area contributed by atoms with E-state index >= 15 is 0 Å². The number of methoxy groups -OCH3 is 1. The number of rotatable bonds is 3. The van der Waals surface area contributed by atoms with Gasteiger partial charge in [-0.2, -0.15) is 0 Å². The lowest BCUT2D eigenvalue weighted by molar-refractivity contribution is 0.260. The minimum Gasteiger partial charge on any atom is -0.495 e. The number of ether oxygens (including phenoxy) is 1. The summed E-state index contributed by atoms with van der Waals surface area (Å²) in [5.41, 5.74) is 2.38. The molecular weight excluding hydrogens is 212 g/mol. The summed E-state index contributed by atoms with van der Waals surface area (Å²) < 4.78 is 5.39. The summed E-state index contributed by atoms with van der Waals surface area (Å²) in [7, 11) is 3.91. The Labute approximate surface area is 104 Å². The Hall–Kier alpha value is -1.22. The van der Waals surface area contributed by atoms with E-state index in [4.69, 9.17) is 4.74 Å². The van der Waals surface area contributed by atoms with Crippen molar-refractivity contribution >= 4 is 5.69 Å². The molecule has 1 saturated heterocycles. The Morgan fingerprint density at radius 3 is 2.94 bits per heavy atom. The molecule has 1 aromatic carbocycles. The van der Waals surface area contributed by atoms with Gasteiger partial charge in [-0.05, 0) is 51.1 Å². The van der Waals surface area contributed by atoms with Crippen molar-refractivity contribution in [1.82, 2.24) is 4.90 Å². The summed E-state index contributed by atoms with van der Waals surface area (Å²) in [5, 5.41) is 3.60. The number of aryl methyl sites for hydroxylation is 1. The molecule has 0 radical (unpaired) electrons. The molecule has 0 bridgehead atoms. The van der Waals surface area contributed by atoms with Gasteiger partial charge in [-0.3, -0.25) is 0 Å². The minimum absolute atomic E-state index is 0.532.